The molecule has 0 saturated heterocycles. The summed E-state index contributed by atoms with van der Waals surface area (Å²) in [6, 6.07) is 1.12. The molecule has 0 aromatic carbocycles. The highest BCUT2D eigenvalue weighted by Crippen LogP contribution is 2.16. The fraction of sp³-hybridized carbons (Fsp3) is 1.00. The molecule has 0 fully saturated rings. The van der Waals surface area contributed by atoms with E-state index in [1.165, 1.54) is 0 Å². The average molecular weight is 280 g/mol. The molecule has 98 valence electrons. The van der Waals surface area contributed by atoms with E-state index < -0.39 is 25.9 Å². The Hall–Kier alpha value is 0.531. The highest BCUT2D eigenvalue weighted by atomic mass is 28.4. The molecular weight excluding hydrogens is 250 g/mol. The van der Waals surface area contributed by atoms with E-state index in [1.807, 2.05) is 0 Å². The fourth-order valence-corrected chi connectivity index (χ4v) is 9.89. The molecular formula is C10H29NO2Si3. The van der Waals surface area contributed by atoms with E-state index >= 15 is 0 Å². The number of hydrogen-bond donors (Lipinski definition) is 1. The Kier molecular flexibility index (Phi) is 7.31. The van der Waals surface area contributed by atoms with Gasteiger partial charge in [0.15, 0.2) is 16.6 Å². The largest absolute Gasteiger partial charge is 0.439 e. The lowest BCUT2D eigenvalue weighted by Crippen LogP contribution is -2.43. The Labute approximate surface area is 105 Å². The minimum Gasteiger partial charge on any atom is -0.439 e. The molecule has 0 spiro atoms. The summed E-state index contributed by atoms with van der Waals surface area (Å²) in [5, 5.41) is 0. The molecule has 0 heterocycles. The summed E-state index contributed by atoms with van der Waals surface area (Å²) < 4.78 is 12.4. The third-order valence-corrected chi connectivity index (χ3v) is 10.5. The molecule has 3 nitrogen and oxygen atoms in total. The monoisotopic (exact) mass is 279 g/mol. The van der Waals surface area contributed by atoms with Gasteiger partial charge in [-0.3, -0.25) is 0 Å². The van der Waals surface area contributed by atoms with Crippen LogP contribution in [0.25, 0.3) is 0 Å². The second-order valence-electron chi connectivity index (χ2n) is 6.17. The van der Waals surface area contributed by atoms with Crippen molar-refractivity contribution >= 4 is 25.9 Å². The quantitative estimate of drug-likeness (QED) is 0.549. The van der Waals surface area contributed by atoms with E-state index in [2.05, 4.69) is 39.3 Å². The number of rotatable bonds is 8. The van der Waals surface area contributed by atoms with Crippen molar-refractivity contribution in [2.45, 2.75) is 58.2 Å². The summed E-state index contributed by atoms with van der Waals surface area (Å²) in [6.45, 7) is 14.2. The molecule has 6 heteroatoms. The van der Waals surface area contributed by atoms with Crippen molar-refractivity contribution in [3.05, 3.63) is 0 Å². The Morgan fingerprint density at radius 1 is 0.875 bits per heavy atom. The predicted octanol–water partition coefficient (Wildman–Crippen LogP) is 2.65. The van der Waals surface area contributed by atoms with Crippen molar-refractivity contribution < 1.29 is 8.23 Å². The molecule has 0 aromatic heterocycles. The molecule has 0 unspecified atom stereocenters. The zero-order valence-corrected chi connectivity index (χ0v) is 15.0. The topological polar surface area (TPSA) is 44.5 Å². The first-order valence-corrected chi connectivity index (χ1v) is 14.8. The van der Waals surface area contributed by atoms with Gasteiger partial charge in [0.05, 0.1) is 0 Å². The van der Waals surface area contributed by atoms with Crippen molar-refractivity contribution in [3.63, 3.8) is 0 Å². The van der Waals surface area contributed by atoms with Crippen molar-refractivity contribution in [2.24, 2.45) is 5.73 Å². The van der Waals surface area contributed by atoms with Crippen LogP contribution in [-0.4, -0.2) is 32.5 Å². The van der Waals surface area contributed by atoms with Crippen molar-refractivity contribution in [1.82, 2.24) is 0 Å². The standard InChI is InChI=1S/C10H29NO2Si3/c1-15(2,3)12-14(10-8-7-9-11)13-16(4,5)6/h14H,7-11H2,1-6H3. The molecule has 16 heavy (non-hydrogen) atoms. The predicted molar refractivity (Wildman–Crippen MR) is 79.1 cm³/mol. The highest BCUT2D eigenvalue weighted by molar-refractivity contribution is 6.81. The van der Waals surface area contributed by atoms with E-state index in [0.717, 1.165) is 25.4 Å². The molecule has 0 bridgehead atoms. The maximum Gasteiger partial charge on any atom is 0.300 e. The first-order valence-electron chi connectivity index (χ1n) is 6.20. The lowest BCUT2D eigenvalue weighted by molar-refractivity contribution is 0.414. The van der Waals surface area contributed by atoms with Crippen LogP contribution in [0.1, 0.15) is 12.8 Å². The van der Waals surface area contributed by atoms with Crippen LogP contribution in [-0.2, 0) is 8.23 Å². The first-order chi connectivity index (χ1) is 7.14. The molecule has 0 atom stereocenters. The first kappa shape index (κ1) is 16.5. The van der Waals surface area contributed by atoms with Gasteiger partial charge in [-0.2, -0.15) is 0 Å². The molecule has 0 aliphatic carbocycles. The van der Waals surface area contributed by atoms with E-state index in [4.69, 9.17) is 14.0 Å². The molecule has 0 aromatic rings. The maximum absolute atomic E-state index is 6.21. The van der Waals surface area contributed by atoms with Gasteiger partial charge in [0.25, 0.3) is 0 Å². The van der Waals surface area contributed by atoms with Crippen LogP contribution >= 0.6 is 0 Å². The maximum atomic E-state index is 6.21. The Morgan fingerprint density at radius 2 is 1.31 bits per heavy atom. The Morgan fingerprint density at radius 3 is 1.62 bits per heavy atom. The van der Waals surface area contributed by atoms with Crippen molar-refractivity contribution in [3.8, 4) is 0 Å². The van der Waals surface area contributed by atoms with Crippen LogP contribution in [0.5, 0.6) is 0 Å². The average Bonchev–Trinajstić information content (AvgIpc) is 1.97. The second-order valence-corrected chi connectivity index (χ2v) is 17.9. The number of hydrogen-bond acceptors (Lipinski definition) is 3. The van der Waals surface area contributed by atoms with E-state index in [1.54, 1.807) is 0 Å². The molecule has 0 radical (unpaired) electrons. The smallest absolute Gasteiger partial charge is 0.300 e. The zero-order valence-electron chi connectivity index (χ0n) is 11.8. The summed E-state index contributed by atoms with van der Waals surface area (Å²) in [5.74, 6) is 0. The molecule has 0 aliphatic rings. The van der Waals surface area contributed by atoms with Crippen LogP contribution in [0, 0.1) is 0 Å². The Bertz CT molecular complexity index is 173. The lowest BCUT2D eigenvalue weighted by Gasteiger charge is -2.30. The Balaban J connectivity index is 4.17. The molecule has 0 aliphatic heterocycles. The summed E-state index contributed by atoms with van der Waals surface area (Å²) in [7, 11) is -4.35. The van der Waals surface area contributed by atoms with Gasteiger partial charge in [0, 0.05) is 0 Å². The molecule has 0 amide bonds. The highest BCUT2D eigenvalue weighted by Gasteiger charge is 2.27. The minimum absolute atomic E-state index is 0.779. The van der Waals surface area contributed by atoms with Crippen LogP contribution in [0.3, 0.4) is 0 Å². The summed E-state index contributed by atoms with van der Waals surface area (Å²) in [5.41, 5.74) is 5.52. The summed E-state index contributed by atoms with van der Waals surface area (Å²) >= 11 is 0. The van der Waals surface area contributed by atoms with Gasteiger partial charge in [-0.15, -0.1) is 0 Å². The molecule has 0 saturated carbocycles. The third-order valence-electron chi connectivity index (χ3n) is 1.86. The van der Waals surface area contributed by atoms with Crippen LogP contribution in [0.4, 0.5) is 0 Å². The van der Waals surface area contributed by atoms with Crippen LogP contribution < -0.4 is 5.73 Å². The number of unbranched alkanes of at least 4 members (excludes halogenated alkanes) is 1. The zero-order chi connectivity index (χ0) is 12.8. The van der Waals surface area contributed by atoms with Gasteiger partial charge in [-0.05, 0) is 58.3 Å². The van der Waals surface area contributed by atoms with Gasteiger partial charge in [-0.25, -0.2) is 0 Å². The van der Waals surface area contributed by atoms with Gasteiger partial charge in [-0.1, -0.05) is 6.42 Å². The van der Waals surface area contributed by atoms with E-state index in [9.17, 15) is 0 Å². The van der Waals surface area contributed by atoms with Crippen LogP contribution in [0.2, 0.25) is 45.3 Å². The van der Waals surface area contributed by atoms with Crippen LogP contribution in [0.15, 0.2) is 0 Å². The van der Waals surface area contributed by atoms with E-state index in [0.29, 0.717) is 0 Å². The second kappa shape index (κ2) is 7.07. The van der Waals surface area contributed by atoms with Gasteiger partial charge < -0.3 is 14.0 Å². The van der Waals surface area contributed by atoms with Gasteiger partial charge in [0.2, 0.25) is 0 Å². The SMILES string of the molecule is C[Si](C)(C)O[SiH](CCCCN)O[Si](C)(C)C. The summed E-state index contributed by atoms with van der Waals surface area (Å²) in [4.78, 5) is 0. The van der Waals surface area contributed by atoms with Gasteiger partial charge in [0.1, 0.15) is 0 Å². The minimum atomic E-state index is -1.45. The molecule has 0 rings (SSSR count). The molecule has 2 N–H and O–H groups in total. The fourth-order valence-electron chi connectivity index (χ4n) is 1.39. The number of nitrogens with two attached hydrogens (primary N) is 1. The van der Waals surface area contributed by atoms with E-state index in [-0.39, 0.29) is 0 Å². The normalized spacial score (nSPS) is 13.5. The third kappa shape index (κ3) is 11.0. The van der Waals surface area contributed by atoms with Gasteiger partial charge >= 0.3 is 9.28 Å². The lowest BCUT2D eigenvalue weighted by atomic mass is 10.3. The summed E-state index contributed by atoms with van der Waals surface area (Å²) in [6.07, 6.45) is 2.25. The van der Waals surface area contributed by atoms with Crippen molar-refractivity contribution in [1.29, 1.82) is 0 Å². The van der Waals surface area contributed by atoms with Crippen molar-refractivity contribution in [2.75, 3.05) is 6.54 Å².